The normalized spacial score (nSPS) is 20.1. The molecule has 1 aromatic heterocycles. The lowest BCUT2D eigenvalue weighted by Gasteiger charge is -2.39. The van der Waals surface area contributed by atoms with Gasteiger partial charge >= 0.3 is 11.7 Å². The second kappa shape index (κ2) is 8.08. The van der Waals surface area contributed by atoms with E-state index >= 15 is 0 Å². The number of hydrogen-bond acceptors (Lipinski definition) is 7. The summed E-state index contributed by atoms with van der Waals surface area (Å²) in [6.07, 6.45) is 2.08. The summed E-state index contributed by atoms with van der Waals surface area (Å²) in [6.45, 7) is 14.2. The Kier molecular flexibility index (Phi) is 6.40. The zero-order valence-corrected chi connectivity index (χ0v) is 18.7. The van der Waals surface area contributed by atoms with Crippen molar-refractivity contribution in [3.05, 3.63) is 34.6 Å². The molecule has 0 radical (unpaired) electrons. The van der Waals surface area contributed by atoms with E-state index in [1.54, 1.807) is 19.9 Å². The lowest BCUT2D eigenvalue weighted by atomic mass is 10.2. The Hall–Kier alpha value is -2.13. The van der Waals surface area contributed by atoms with Gasteiger partial charge in [0.2, 0.25) is 6.23 Å². The first-order chi connectivity index (χ1) is 12.8. The van der Waals surface area contributed by atoms with Gasteiger partial charge in [0.15, 0.2) is 8.32 Å². The fraction of sp³-hybridized carbons (Fsp3) is 0.632. The van der Waals surface area contributed by atoms with Crippen LogP contribution < -0.4 is 11.4 Å². The van der Waals surface area contributed by atoms with Gasteiger partial charge in [0.25, 0.3) is 0 Å². The molecule has 1 aromatic rings. The Morgan fingerprint density at radius 3 is 2.57 bits per heavy atom. The number of nitrogens with zero attached hydrogens (tertiary/aromatic N) is 2. The molecule has 0 unspecified atom stereocenters. The molecule has 1 aliphatic heterocycles. The van der Waals surface area contributed by atoms with Crippen LogP contribution in [0.15, 0.2) is 28.9 Å². The van der Waals surface area contributed by atoms with Crippen LogP contribution in [0.1, 0.15) is 40.8 Å². The fourth-order valence-electron chi connectivity index (χ4n) is 2.36. The molecule has 1 aliphatic rings. The summed E-state index contributed by atoms with van der Waals surface area (Å²) in [4.78, 5) is 27.9. The molecule has 0 saturated carbocycles. The van der Waals surface area contributed by atoms with Crippen LogP contribution in [0.5, 0.6) is 0 Å². The van der Waals surface area contributed by atoms with Gasteiger partial charge in [0.1, 0.15) is 24.3 Å². The number of anilines is 1. The molecule has 0 spiro atoms. The molecule has 0 amide bonds. The molecule has 156 valence electrons. The van der Waals surface area contributed by atoms with Gasteiger partial charge in [-0.3, -0.25) is 9.36 Å². The standard InChI is InChI=1S/C19H31N3O5Si/c1-12(2)17(23)25-11-13-10-14(27-28(6,7)19(3,4)5)16(26-13)22-9-8-15(20)21-18(22)24/h8-10,12,14,16H,11H2,1-7H3,(H2,20,21,24)/t14-,16-/m1/s1. The molecule has 0 fully saturated rings. The van der Waals surface area contributed by atoms with E-state index in [1.165, 1.54) is 16.8 Å². The van der Waals surface area contributed by atoms with Crippen LogP contribution in [0.4, 0.5) is 5.82 Å². The summed E-state index contributed by atoms with van der Waals surface area (Å²) in [6, 6.07) is 1.53. The van der Waals surface area contributed by atoms with Crippen molar-refractivity contribution in [2.24, 2.45) is 5.92 Å². The number of ether oxygens (including phenoxy) is 2. The first-order valence-electron chi connectivity index (χ1n) is 9.38. The Labute approximate surface area is 166 Å². The maximum Gasteiger partial charge on any atom is 0.352 e. The van der Waals surface area contributed by atoms with Crippen molar-refractivity contribution < 1.29 is 18.7 Å². The van der Waals surface area contributed by atoms with Gasteiger partial charge in [-0.15, -0.1) is 0 Å². The zero-order chi connectivity index (χ0) is 21.3. The number of rotatable bonds is 6. The quantitative estimate of drug-likeness (QED) is 0.569. The predicted molar refractivity (Wildman–Crippen MR) is 109 cm³/mol. The van der Waals surface area contributed by atoms with Crippen molar-refractivity contribution >= 4 is 20.1 Å². The van der Waals surface area contributed by atoms with E-state index in [0.29, 0.717) is 5.76 Å². The first-order valence-corrected chi connectivity index (χ1v) is 12.3. The predicted octanol–water partition coefficient (Wildman–Crippen LogP) is 2.83. The molecule has 0 saturated heterocycles. The third-order valence-corrected chi connectivity index (χ3v) is 9.57. The van der Waals surface area contributed by atoms with Crippen molar-refractivity contribution in [1.29, 1.82) is 0 Å². The summed E-state index contributed by atoms with van der Waals surface area (Å²) in [5, 5.41) is -0.0252. The fourth-order valence-corrected chi connectivity index (χ4v) is 3.58. The van der Waals surface area contributed by atoms with Crippen LogP contribution >= 0.6 is 0 Å². The number of hydrogen-bond donors (Lipinski definition) is 1. The van der Waals surface area contributed by atoms with Crippen LogP contribution in [0.3, 0.4) is 0 Å². The Bertz CT molecular complexity index is 811. The molecule has 2 N–H and O–H groups in total. The first kappa shape index (κ1) is 22.2. The minimum Gasteiger partial charge on any atom is -0.468 e. The molecule has 28 heavy (non-hydrogen) atoms. The van der Waals surface area contributed by atoms with Crippen molar-refractivity contribution in [1.82, 2.24) is 9.55 Å². The third kappa shape index (κ3) is 5.02. The van der Waals surface area contributed by atoms with Crippen LogP contribution in [0.25, 0.3) is 0 Å². The smallest absolute Gasteiger partial charge is 0.352 e. The third-order valence-electron chi connectivity index (χ3n) is 5.09. The Morgan fingerprint density at radius 2 is 2.04 bits per heavy atom. The van der Waals surface area contributed by atoms with Crippen molar-refractivity contribution in [2.45, 2.75) is 65.1 Å². The average molecular weight is 410 g/mol. The highest BCUT2D eigenvalue weighted by Gasteiger charge is 2.43. The van der Waals surface area contributed by atoms with Gasteiger partial charge < -0.3 is 19.6 Å². The lowest BCUT2D eigenvalue weighted by Crippen LogP contribution is -2.46. The van der Waals surface area contributed by atoms with Gasteiger partial charge in [-0.05, 0) is 30.3 Å². The highest BCUT2D eigenvalue weighted by atomic mass is 28.4. The van der Waals surface area contributed by atoms with Gasteiger partial charge in [0.05, 0.1) is 5.92 Å². The minimum absolute atomic E-state index is 0.0119. The van der Waals surface area contributed by atoms with Crippen molar-refractivity contribution in [2.75, 3.05) is 12.3 Å². The molecule has 0 aromatic carbocycles. The summed E-state index contributed by atoms with van der Waals surface area (Å²) < 4.78 is 19.0. The lowest BCUT2D eigenvalue weighted by molar-refractivity contribution is -0.147. The van der Waals surface area contributed by atoms with Gasteiger partial charge in [0, 0.05) is 6.20 Å². The van der Waals surface area contributed by atoms with Crippen LogP contribution in [-0.4, -0.2) is 36.5 Å². The molecule has 0 bridgehead atoms. The highest BCUT2D eigenvalue weighted by molar-refractivity contribution is 6.74. The molecule has 2 rings (SSSR count). The van der Waals surface area contributed by atoms with Crippen LogP contribution in [0, 0.1) is 5.92 Å². The Morgan fingerprint density at radius 1 is 1.39 bits per heavy atom. The summed E-state index contributed by atoms with van der Waals surface area (Å²) in [5.74, 6) is 0.0359. The Balaban J connectivity index is 2.29. The van der Waals surface area contributed by atoms with E-state index < -0.39 is 26.3 Å². The molecule has 0 aliphatic carbocycles. The average Bonchev–Trinajstić information content (AvgIpc) is 2.93. The molecular formula is C19H31N3O5Si. The van der Waals surface area contributed by atoms with E-state index in [0.717, 1.165) is 0 Å². The van der Waals surface area contributed by atoms with Crippen LogP contribution in [0.2, 0.25) is 18.1 Å². The largest absolute Gasteiger partial charge is 0.468 e. The number of carbonyl (C=O) groups excluding carboxylic acids is 1. The van der Waals surface area contributed by atoms with E-state index in [9.17, 15) is 9.59 Å². The second-order valence-corrected chi connectivity index (χ2v) is 13.5. The molecular weight excluding hydrogens is 378 g/mol. The molecule has 2 atom stereocenters. The highest BCUT2D eigenvalue weighted by Crippen LogP contribution is 2.40. The van der Waals surface area contributed by atoms with Gasteiger partial charge in [-0.2, -0.15) is 4.98 Å². The number of nitrogen functional groups attached to an aromatic ring is 1. The van der Waals surface area contributed by atoms with Crippen LogP contribution in [-0.2, 0) is 18.7 Å². The maximum absolute atomic E-state index is 12.3. The molecule has 2 heterocycles. The minimum atomic E-state index is -2.16. The van der Waals surface area contributed by atoms with Gasteiger partial charge in [-0.25, -0.2) is 4.79 Å². The van der Waals surface area contributed by atoms with Gasteiger partial charge in [-0.1, -0.05) is 34.6 Å². The number of carbonyl (C=O) groups is 1. The molecule has 9 heteroatoms. The maximum atomic E-state index is 12.3. The number of nitrogens with two attached hydrogens (primary N) is 1. The van der Waals surface area contributed by atoms with Crippen molar-refractivity contribution in [3.8, 4) is 0 Å². The summed E-state index contributed by atoms with van der Waals surface area (Å²) in [7, 11) is -2.16. The topological polar surface area (TPSA) is 106 Å². The SMILES string of the molecule is CC(C)C(=O)OCC1=C[C@@H](O[Si](C)(C)C(C)(C)C)[C@H](n2ccc(N)nc2=O)O1. The summed E-state index contributed by atoms with van der Waals surface area (Å²) >= 11 is 0. The molecule has 8 nitrogen and oxygen atoms in total. The zero-order valence-electron chi connectivity index (χ0n) is 17.7. The second-order valence-electron chi connectivity index (χ2n) is 8.79. The van der Waals surface area contributed by atoms with Crippen molar-refractivity contribution in [3.63, 3.8) is 0 Å². The number of esters is 1. The monoisotopic (exact) mass is 409 g/mol. The number of aromatic nitrogens is 2. The van der Waals surface area contributed by atoms with E-state index in [2.05, 4.69) is 38.8 Å². The summed E-state index contributed by atoms with van der Waals surface area (Å²) in [5.41, 5.74) is 5.07. The van der Waals surface area contributed by atoms with E-state index in [-0.39, 0.29) is 29.4 Å². The van der Waals surface area contributed by atoms with E-state index in [4.69, 9.17) is 19.6 Å². The van der Waals surface area contributed by atoms with E-state index in [1.807, 2.05) is 0 Å².